The number of rotatable bonds is 5. The molecule has 0 aliphatic heterocycles. The van der Waals surface area contributed by atoms with E-state index in [1.807, 2.05) is 32.9 Å². The summed E-state index contributed by atoms with van der Waals surface area (Å²) in [4.78, 5) is 40.5. The molecule has 28 heavy (non-hydrogen) atoms. The Morgan fingerprint density at radius 2 is 1.86 bits per heavy atom. The van der Waals surface area contributed by atoms with Gasteiger partial charge >= 0.3 is 5.97 Å². The molecule has 1 amide bonds. The Kier molecular flexibility index (Phi) is 5.54. The first-order valence-electron chi connectivity index (χ1n) is 8.83. The van der Waals surface area contributed by atoms with Crippen LogP contribution >= 0.6 is 0 Å². The van der Waals surface area contributed by atoms with Crippen LogP contribution in [0.15, 0.2) is 47.4 Å². The lowest BCUT2D eigenvalue weighted by molar-refractivity contribution is -0.143. The predicted molar refractivity (Wildman–Crippen MR) is 104 cm³/mol. The number of amides is 1. The molecule has 3 rings (SSSR count). The third-order valence-corrected chi connectivity index (χ3v) is 4.40. The van der Waals surface area contributed by atoms with Gasteiger partial charge in [0.1, 0.15) is 18.8 Å². The van der Waals surface area contributed by atoms with Crippen LogP contribution in [0.3, 0.4) is 0 Å². The first-order chi connectivity index (χ1) is 13.3. The average molecular weight is 379 g/mol. The second kappa shape index (κ2) is 8.04. The molecule has 0 unspecified atom stereocenters. The lowest BCUT2D eigenvalue weighted by atomic mass is 10.1. The summed E-state index contributed by atoms with van der Waals surface area (Å²) in [6.07, 6.45) is 1.70. The topological polar surface area (TPSA) is 89.8 Å². The van der Waals surface area contributed by atoms with Gasteiger partial charge in [-0.15, -0.1) is 0 Å². The molecule has 0 aliphatic rings. The zero-order chi connectivity index (χ0) is 20.3. The largest absolute Gasteiger partial charge is 0.458 e. The van der Waals surface area contributed by atoms with Crippen LogP contribution < -0.4 is 10.9 Å². The molecule has 0 spiro atoms. The molecule has 0 saturated heterocycles. The fraction of sp³-hybridized carbons (Fsp3) is 0.238. The first kappa shape index (κ1) is 19.3. The summed E-state index contributed by atoms with van der Waals surface area (Å²) >= 11 is 0. The van der Waals surface area contributed by atoms with Crippen molar-refractivity contribution in [3.8, 4) is 0 Å². The Balaban J connectivity index is 1.57. The number of esters is 1. The van der Waals surface area contributed by atoms with Crippen LogP contribution in [0.2, 0.25) is 0 Å². The molecule has 7 heteroatoms. The van der Waals surface area contributed by atoms with Crippen molar-refractivity contribution in [3.05, 3.63) is 80.9 Å². The normalized spacial score (nSPS) is 10.7. The minimum Gasteiger partial charge on any atom is -0.458 e. The van der Waals surface area contributed by atoms with Gasteiger partial charge in [0, 0.05) is 17.8 Å². The molecule has 0 radical (unpaired) electrons. The maximum atomic E-state index is 12.1. The molecule has 2 heterocycles. The van der Waals surface area contributed by atoms with E-state index in [1.54, 1.807) is 24.4 Å². The van der Waals surface area contributed by atoms with Crippen LogP contribution in [0.4, 0.5) is 0 Å². The van der Waals surface area contributed by atoms with Crippen molar-refractivity contribution in [2.45, 2.75) is 27.4 Å². The Bertz CT molecular complexity index is 1120. The highest BCUT2D eigenvalue weighted by atomic mass is 16.5. The van der Waals surface area contributed by atoms with E-state index in [0.29, 0.717) is 16.9 Å². The number of aromatic nitrogens is 2. The lowest BCUT2D eigenvalue weighted by Crippen LogP contribution is -2.30. The average Bonchev–Trinajstić information content (AvgIpc) is 2.67. The fourth-order valence-corrected chi connectivity index (χ4v) is 2.67. The van der Waals surface area contributed by atoms with Crippen molar-refractivity contribution in [3.63, 3.8) is 0 Å². The number of carbonyl (C=O) groups is 2. The molecule has 3 aromatic rings. The molecule has 1 aromatic carbocycles. The van der Waals surface area contributed by atoms with Crippen molar-refractivity contribution >= 4 is 17.5 Å². The summed E-state index contributed by atoms with van der Waals surface area (Å²) in [5, 5.41) is 2.53. The zero-order valence-corrected chi connectivity index (χ0v) is 16.0. The molecular formula is C21H21N3O4. The number of hydrogen-bond donors (Lipinski definition) is 1. The maximum absolute atomic E-state index is 12.1. The van der Waals surface area contributed by atoms with Gasteiger partial charge in [0.15, 0.2) is 0 Å². The van der Waals surface area contributed by atoms with E-state index < -0.39 is 5.97 Å². The van der Waals surface area contributed by atoms with Crippen molar-refractivity contribution in [1.29, 1.82) is 0 Å². The number of hydrogen-bond acceptors (Lipinski definition) is 5. The number of carbonyl (C=O) groups excluding carboxylic acids is 2. The van der Waals surface area contributed by atoms with Crippen LogP contribution in [0.5, 0.6) is 0 Å². The summed E-state index contributed by atoms with van der Waals surface area (Å²) in [6, 6.07) is 10.2. The molecule has 7 nitrogen and oxygen atoms in total. The van der Waals surface area contributed by atoms with Crippen LogP contribution in [-0.2, 0) is 16.1 Å². The molecule has 2 aromatic heterocycles. The fourth-order valence-electron chi connectivity index (χ4n) is 2.67. The van der Waals surface area contributed by atoms with Gasteiger partial charge in [0.2, 0.25) is 0 Å². The third kappa shape index (κ3) is 4.43. The molecule has 0 saturated carbocycles. The second-order valence-electron chi connectivity index (χ2n) is 6.66. The highest BCUT2D eigenvalue weighted by Crippen LogP contribution is 2.09. The first-order valence-corrected chi connectivity index (χ1v) is 8.83. The van der Waals surface area contributed by atoms with Crippen molar-refractivity contribution in [1.82, 2.24) is 14.7 Å². The van der Waals surface area contributed by atoms with E-state index in [1.165, 1.54) is 10.5 Å². The predicted octanol–water partition coefficient (Wildman–Crippen LogP) is 2.09. The van der Waals surface area contributed by atoms with Gasteiger partial charge in [-0.05, 0) is 55.7 Å². The SMILES string of the molecule is Cc1ccc2nc(COC(=O)CNC(=O)c3ccc(C)c(C)c3)cc(=O)n2c1. The quantitative estimate of drug-likeness (QED) is 0.686. The van der Waals surface area contributed by atoms with Crippen molar-refractivity contribution in [2.24, 2.45) is 0 Å². The second-order valence-corrected chi connectivity index (χ2v) is 6.66. The summed E-state index contributed by atoms with van der Waals surface area (Å²) < 4.78 is 6.56. The minimum absolute atomic E-state index is 0.141. The van der Waals surface area contributed by atoms with Gasteiger partial charge in [-0.3, -0.25) is 18.8 Å². The van der Waals surface area contributed by atoms with E-state index in [9.17, 15) is 14.4 Å². The highest BCUT2D eigenvalue weighted by molar-refractivity contribution is 5.96. The van der Waals surface area contributed by atoms with Gasteiger partial charge in [0.05, 0.1) is 5.69 Å². The Labute approximate surface area is 162 Å². The van der Waals surface area contributed by atoms with Crippen LogP contribution in [0, 0.1) is 20.8 Å². The van der Waals surface area contributed by atoms with E-state index in [4.69, 9.17) is 4.74 Å². The number of aryl methyl sites for hydroxylation is 3. The highest BCUT2D eigenvalue weighted by Gasteiger charge is 2.11. The number of pyridine rings is 1. The van der Waals surface area contributed by atoms with E-state index in [2.05, 4.69) is 10.3 Å². The Morgan fingerprint density at radius 3 is 2.61 bits per heavy atom. The Hall–Kier alpha value is -3.48. The standard InChI is InChI=1S/C21H21N3O4/c1-13-4-7-18-23-17(9-19(25)24(18)11-13)12-28-20(26)10-22-21(27)16-6-5-14(2)15(3)8-16/h4-9,11H,10,12H2,1-3H3,(H,22,27). The van der Waals surface area contributed by atoms with Gasteiger partial charge in [-0.1, -0.05) is 12.1 Å². The van der Waals surface area contributed by atoms with Crippen LogP contribution in [-0.4, -0.2) is 27.8 Å². The van der Waals surface area contributed by atoms with E-state index in [-0.39, 0.29) is 24.6 Å². The van der Waals surface area contributed by atoms with Crippen molar-refractivity contribution < 1.29 is 14.3 Å². The summed E-state index contributed by atoms with van der Waals surface area (Å²) in [7, 11) is 0. The molecule has 0 atom stereocenters. The monoisotopic (exact) mass is 379 g/mol. The Morgan fingerprint density at radius 1 is 1.07 bits per heavy atom. The van der Waals surface area contributed by atoms with Gasteiger partial charge in [-0.2, -0.15) is 0 Å². The maximum Gasteiger partial charge on any atom is 0.325 e. The molecule has 1 N–H and O–H groups in total. The molecule has 144 valence electrons. The van der Waals surface area contributed by atoms with E-state index >= 15 is 0 Å². The number of fused-ring (bicyclic) bond motifs is 1. The minimum atomic E-state index is -0.608. The smallest absolute Gasteiger partial charge is 0.325 e. The van der Waals surface area contributed by atoms with Gasteiger partial charge in [0.25, 0.3) is 11.5 Å². The molecule has 0 bridgehead atoms. The van der Waals surface area contributed by atoms with Crippen LogP contribution in [0.1, 0.15) is 32.7 Å². The van der Waals surface area contributed by atoms with Crippen molar-refractivity contribution in [2.75, 3.05) is 6.54 Å². The third-order valence-electron chi connectivity index (χ3n) is 4.40. The summed E-state index contributed by atoms with van der Waals surface area (Å²) in [5.41, 5.74) is 4.09. The van der Waals surface area contributed by atoms with Crippen LogP contribution in [0.25, 0.3) is 5.65 Å². The number of ether oxygens (including phenoxy) is 1. The summed E-state index contributed by atoms with van der Waals surface area (Å²) in [6.45, 7) is 5.35. The van der Waals surface area contributed by atoms with Gasteiger partial charge in [-0.25, -0.2) is 4.98 Å². The lowest BCUT2D eigenvalue weighted by Gasteiger charge is -2.08. The number of nitrogens with zero attached hydrogens (tertiary/aromatic N) is 2. The summed E-state index contributed by atoms with van der Waals surface area (Å²) in [5.74, 6) is -0.958. The molecular weight excluding hydrogens is 358 g/mol. The number of nitrogens with one attached hydrogen (secondary N) is 1. The van der Waals surface area contributed by atoms with Gasteiger partial charge < -0.3 is 10.1 Å². The molecule has 0 fully saturated rings. The zero-order valence-electron chi connectivity index (χ0n) is 16.0. The van der Waals surface area contributed by atoms with E-state index in [0.717, 1.165) is 16.7 Å². The molecule has 0 aliphatic carbocycles. The number of benzene rings is 1.